The highest BCUT2D eigenvalue weighted by Gasteiger charge is 2.38. The predicted molar refractivity (Wildman–Crippen MR) is 48.3 cm³/mol. The molecule has 0 aliphatic carbocycles. The third-order valence-electron chi connectivity index (χ3n) is 1.57. The van der Waals surface area contributed by atoms with Gasteiger partial charge in [-0.05, 0) is 12.1 Å². The van der Waals surface area contributed by atoms with Crippen LogP contribution in [0.2, 0.25) is 4.34 Å². The minimum absolute atomic E-state index is 0.268. The Morgan fingerprint density at radius 2 is 2.23 bits per heavy atom. The predicted octanol–water partition coefficient (Wildman–Crippen LogP) is 2.03. The van der Waals surface area contributed by atoms with Crippen LogP contribution in [0.15, 0.2) is 12.1 Å². The Morgan fingerprint density at radius 1 is 1.62 bits per heavy atom. The maximum atomic E-state index is 12.8. The first-order valence-corrected chi connectivity index (χ1v) is 4.66. The fourth-order valence-electron chi connectivity index (χ4n) is 0.802. The summed E-state index contributed by atoms with van der Waals surface area (Å²) in [5.41, 5.74) is 5.24. The van der Waals surface area contributed by atoms with E-state index in [0.29, 0.717) is 4.34 Å². The third-order valence-corrected chi connectivity index (χ3v) is 2.88. The average Bonchev–Trinajstić information content (AvgIpc) is 2.50. The van der Waals surface area contributed by atoms with E-state index in [4.69, 9.17) is 22.4 Å². The van der Waals surface area contributed by atoms with E-state index in [2.05, 4.69) is 0 Å². The van der Waals surface area contributed by atoms with Crippen molar-refractivity contribution in [3.05, 3.63) is 21.3 Å². The zero-order valence-electron chi connectivity index (χ0n) is 6.51. The van der Waals surface area contributed by atoms with Gasteiger partial charge in [0, 0.05) is 4.88 Å². The molecule has 0 aliphatic rings. The highest BCUT2D eigenvalue weighted by atomic mass is 35.5. The Kier molecular flexibility index (Phi) is 3.23. The first-order chi connectivity index (χ1) is 5.97. The molecule has 1 rings (SSSR count). The van der Waals surface area contributed by atoms with Crippen LogP contribution in [0, 0.1) is 0 Å². The molecule has 0 unspecified atom stereocenters. The highest BCUT2D eigenvalue weighted by Crippen LogP contribution is 2.34. The Balaban J connectivity index is 2.84. The van der Waals surface area contributed by atoms with Crippen molar-refractivity contribution < 1.29 is 13.9 Å². The molecule has 74 valence electrons. The third kappa shape index (κ3) is 2.37. The van der Waals surface area contributed by atoms with Gasteiger partial charge in [0.05, 0.1) is 4.34 Å². The van der Waals surface area contributed by atoms with Gasteiger partial charge in [0.25, 0.3) is 5.92 Å². The van der Waals surface area contributed by atoms with Crippen LogP contribution in [0.25, 0.3) is 0 Å². The first kappa shape index (κ1) is 10.8. The van der Waals surface area contributed by atoms with E-state index in [-0.39, 0.29) is 4.88 Å². The molecule has 0 amide bonds. The van der Waals surface area contributed by atoms with E-state index >= 15 is 0 Å². The lowest BCUT2D eigenvalue weighted by Crippen LogP contribution is -2.35. The van der Waals surface area contributed by atoms with Crippen LogP contribution in [0.4, 0.5) is 8.78 Å². The summed E-state index contributed by atoms with van der Waals surface area (Å²) in [7, 11) is 0. The van der Waals surface area contributed by atoms with Crippen molar-refractivity contribution >= 4 is 22.9 Å². The fraction of sp³-hybridized carbons (Fsp3) is 0.429. The summed E-state index contributed by atoms with van der Waals surface area (Å²) in [5.74, 6) is -3.30. The smallest absolute Gasteiger partial charge is 0.290 e. The van der Waals surface area contributed by atoms with Gasteiger partial charge < -0.3 is 10.8 Å². The molecule has 0 saturated heterocycles. The number of alkyl halides is 2. The number of thiophene rings is 1. The summed E-state index contributed by atoms with van der Waals surface area (Å²) in [6.45, 7) is -1.26. The lowest BCUT2D eigenvalue weighted by molar-refractivity contribution is -0.0703. The van der Waals surface area contributed by atoms with Crippen LogP contribution in [-0.4, -0.2) is 17.6 Å². The lowest BCUT2D eigenvalue weighted by Gasteiger charge is -2.19. The zero-order valence-corrected chi connectivity index (χ0v) is 8.08. The number of hydrogen-bond donors (Lipinski definition) is 2. The summed E-state index contributed by atoms with van der Waals surface area (Å²) in [6.07, 6.45) is 0. The van der Waals surface area contributed by atoms with Gasteiger partial charge in [0.2, 0.25) is 0 Å². The second-order valence-electron chi connectivity index (χ2n) is 2.54. The van der Waals surface area contributed by atoms with E-state index in [1.54, 1.807) is 0 Å². The lowest BCUT2D eigenvalue weighted by atomic mass is 10.1. The maximum Gasteiger partial charge on any atom is 0.290 e. The van der Waals surface area contributed by atoms with Gasteiger partial charge in [-0.3, -0.25) is 0 Å². The van der Waals surface area contributed by atoms with Crippen molar-refractivity contribution in [2.75, 3.05) is 6.61 Å². The van der Waals surface area contributed by atoms with Gasteiger partial charge in [-0.2, -0.15) is 0 Å². The van der Waals surface area contributed by atoms with Crippen LogP contribution < -0.4 is 5.73 Å². The Bertz CT molecular complexity index is 292. The number of halogens is 3. The molecule has 6 heteroatoms. The molecule has 1 aromatic rings. The maximum absolute atomic E-state index is 12.8. The van der Waals surface area contributed by atoms with Gasteiger partial charge in [-0.1, -0.05) is 11.6 Å². The molecule has 3 N–H and O–H groups in total. The van der Waals surface area contributed by atoms with Gasteiger partial charge in [-0.15, -0.1) is 11.3 Å². The van der Waals surface area contributed by atoms with Crippen LogP contribution in [0.1, 0.15) is 10.9 Å². The molecule has 13 heavy (non-hydrogen) atoms. The Morgan fingerprint density at radius 3 is 2.62 bits per heavy atom. The topological polar surface area (TPSA) is 46.2 Å². The average molecular weight is 228 g/mol. The molecule has 1 aromatic heterocycles. The van der Waals surface area contributed by atoms with Crippen molar-refractivity contribution in [2.45, 2.75) is 12.0 Å². The van der Waals surface area contributed by atoms with Crippen molar-refractivity contribution in [1.29, 1.82) is 0 Å². The van der Waals surface area contributed by atoms with Crippen LogP contribution in [0.5, 0.6) is 0 Å². The number of rotatable bonds is 3. The minimum Gasteiger partial charge on any atom is -0.390 e. The van der Waals surface area contributed by atoms with Crippen LogP contribution in [-0.2, 0) is 0 Å². The van der Waals surface area contributed by atoms with E-state index in [1.807, 2.05) is 0 Å². The summed E-state index contributed by atoms with van der Waals surface area (Å²) < 4.78 is 26.1. The SMILES string of the molecule is N[C@@H](c1ccc(Cl)s1)C(F)(F)CO. The summed E-state index contributed by atoms with van der Waals surface area (Å²) >= 11 is 6.54. The van der Waals surface area contributed by atoms with Crippen molar-refractivity contribution in [3.63, 3.8) is 0 Å². The molecule has 0 saturated carbocycles. The zero-order chi connectivity index (χ0) is 10.1. The van der Waals surface area contributed by atoms with Crippen molar-refractivity contribution in [1.82, 2.24) is 0 Å². The minimum atomic E-state index is -3.30. The van der Waals surface area contributed by atoms with E-state index in [9.17, 15) is 8.78 Å². The van der Waals surface area contributed by atoms with E-state index in [0.717, 1.165) is 11.3 Å². The largest absolute Gasteiger partial charge is 0.390 e. The van der Waals surface area contributed by atoms with Crippen LogP contribution in [0.3, 0.4) is 0 Å². The summed E-state index contributed by atoms with van der Waals surface area (Å²) in [4.78, 5) is 0.268. The summed E-state index contributed by atoms with van der Waals surface area (Å²) in [6, 6.07) is 1.44. The van der Waals surface area contributed by atoms with Gasteiger partial charge in [-0.25, -0.2) is 8.78 Å². The molecule has 0 fully saturated rings. The van der Waals surface area contributed by atoms with E-state index in [1.165, 1.54) is 12.1 Å². The van der Waals surface area contributed by atoms with Gasteiger partial charge in [0.1, 0.15) is 12.6 Å². The second-order valence-corrected chi connectivity index (χ2v) is 4.29. The molecule has 2 nitrogen and oxygen atoms in total. The van der Waals surface area contributed by atoms with Crippen molar-refractivity contribution in [2.24, 2.45) is 5.73 Å². The standard InChI is InChI=1S/C7H8ClF2NOS/c8-5-2-1-4(13-5)6(11)7(9,10)3-12/h1-2,6,12H,3,11H2/t6-/m0/s1. The van der Waals surface area contributed by atoms with Crippen molar-refractivity contribution in [3.8, 4) is 0 Å². The fourth-order valence-corrected chi connectivity index (χ4v) is 1.93. The molecular weight excluding hydrogens is 220 g/mol. The number of aliphatic hydroxyl groups is 1. The molecule has 0 radical (unpaired) electrons. The van der Waals surface area contributed by atoms with Gasteiger partial charge >= 0.3 is 0 Å². The molecule has 0 aliphatic heterocycles. The number of nitrogens with two attached hydrogens (primary N) is 1. The number of aliphatic hydroxyl groups excluding tert-OH is 1. The first-order valence-electron chi connectivity index (χ1n) is 3.47. The monoisotopic (exact) mass is 227 g/mol. The molecule has 0 bridgehead atoms. The Labute approximate surface area is 82.9 Å². The molecule has 0 aromatic carbocycles. The van der Waals surface area contributed by atoms with E-state index < -0.39 is 18.6 Å². The molecular formula is C7H8ClF2NOS. The molecule has 0 spiro atoms. The Hall–Kier alpha value is -0.230. The normalized spacial score (nSPS) is 14.5. The quantitative estimate of drug-likeness (QED) is 0.830. The van der Waals surface area contributed by atoms with Crippen LogP contribution >= 0.6 is 22.9 Å². The molecule has 1 atom stereocenters. The molecule has 1 heterocycles. The van der Waals surface area contributed by atoms with Gasteiger partial charge in [0.15, 0.2) is 0 Å². The second kappa shape index (κ2) is 3.88. The number of hydrogen-bond acceptors (Lipinski definition) is 3. The highest BCUT2D eigenvalue weighted by molar-refractivity contribution is 7.16. The summed E-state index contributed by atoms with van der Waals surface area (Å²) in [5, 5.41) is 8.37.